The minimum absolute atomic E-state index is 0.00954. The molecule has 2 heteroatoms. The predicted molar refractivity (Wildman–Crippen MR) is 128 cm³/mol. The molecule has 0 N–H and O–H groups in total. The van der Waals surface area contributed by atoms with Crippen molar-refractivity contribution in [1.82, 2.24) is 0 Å². The molecule has 0 radical (unpaired) electrons. The summed E-state index contributed by atoms with van der Waals surface area (Å²) >= 11 is 0. The third-order valence-electron chi connectivity index (χ3n) is 5.55. The predicted octanol–water partition coefficient (Wildman–Crippen LogP) is 7.63. The molecule has 0 aliphatic rings. The van der Waals surface area contributed by atoms with E-state index in [1.807, 2.05) is 12.1 Å². The second-order valence-corrected chi connectivity index (χ2v) is 9.91. The van der Waals surface area contributed by atoms with Gasteiger partial charge in [0, 0.05) is 11.1 Å². The molecular weight excluding hydrogens is 368 g/mol. The average molecular weight is 403 g/mol. The summed E-state index contributed by atoms with van der Waals surface area (Å²) in [6.45, 7) is 13.5. The van der Waals surface area contributed by atoms with Gasteiger partial charge in [0.1, 0.15) is 11.5 Å². The first-order chi connectivity index (χ1) is 14.0. The van der Waals surface area contributed by atoms with E-state index in [1.54, 1.807) is 14.2 Å². The molecule has 0 saturated carbocycles. The van der Waals surface area contributed by atoms with Crippen LogP contribution in [0.3, 0.4) is 0 Å². The summed E-state index contributed by atoms with van der Waals surface area (Å²) in [5.41, 5.74) is 7.29. The quantitative estimate of drug-likeness (QED) is 0.446. The molecule has 0 bridgehead atoms. The van der Waals surface area contributed by atoms with Crippen LogP contribution in [0, 0.1) is 0 Å². The van der Waals surface area contributed by atoms with Crippen molar-refractivity contribution in [2.75, 3.05) is 14.2 Å². The van der Waals surface area contributed by atoms with E-state index in [0.29, 0.717) is 0 Å². The molecule has 3 aromatic carbocycles. The fraction of sp³-hybridized carbons (Fsp3) is 0.357. The lowest BCUT2D eigenvalue weighted by Crippen LogP contribution is -2.19. The normalized spacial score (nSPS) is 12.0. The zero-order valence-corrected chi connectivity index (χ0v) is 19.6. The van der Waals surface area contributed by atoms with Gasteiger partial charge in [-0.3, -0.25) is 0 Å². The van der Waals surface area contributed by atoms with E-state index in [1.165, 1.54) is 33.4 Å². The van der Waals surface area contributed by atoms with Gasteiger partial charge in [-0.25, -0.2) is 0 Å². The molecule has 0 fully saturated rings. The van der Waals surface area contributed by atoms with E-state index in [2.05, 4.69) is 90.1 Å². The van der Waals surface area contributed by atoms with Crippen molar-refractivity contribution in [3.8, 4) is 33.8 Å². The lowest BCUT2D eigenvalue weighted by molar-refractivity contribution is 0.381. The van der Waals surface area contributed by atoms with Crippen LogP contribution in [0.2, 0.25) is 0 Å². The van der Waals surface area contributed by atoms with Crippen LogP contribution in [0.1, 0.15) is 52.7 Å². The molecule has 0 spiro atoms. The summed E-state index contributed by atoms with van der Waals surface area (Å²) in [6.07, 6.45) is 0. The number of benzene rings is 3. The molecule has 2 nitrogen and oxygen atoms in total. The first-order valence-electron chi connectivity index (χ1n) is 10.5. The van der Waals surface area contributed by atoms with Gasteiger partial charge in [-0.15, -0.1) is 0 Å². The van der Waals surface area contributed by atoms with E-state index in [-0.39, 0.29) is 10.8 Å². The number of hydrogen-bond acceptors (Lipinski definition) is 2. The number of hydrogen-bond donors (Lipinski definition) is 0. The fourth-order valence-electron chi connectivity index (χ4n) is 3.77. The third kappa shape index (κ3) is 4.53. The van der Waals surface area contributed by atoms with Crippen LogP contribution in [0.25, 0.3) is 22.3 Å². The van der Waals surface area contributed by atoms with Gasteiger partial charge in [-0.1, -0.05) is 77.9 Å². The summed E-state index contributed by atoms with van der Waals surface area (Å²) in [6, 6.07) is 21.6. The van der Waals surface area contributed by atoms with Crippen molar-refractivity contribution >= 4 is 0 Å². The van der Waals surface area contributed by atoms with Gasteiger partial charge in [0.2, 0.25) is 0 Å². The summed E-state index contributed by atoms with van der Waals surface area (Å²) in [5, 5.41) is 0. The van der Waals surface area contributed by atoms with Crippen LogP contribution >= 0.6 is 0 Å². The van der Waals surface area contributed by atoms with Crippen molar-refractivity contribution in [2.45, 2.75) is 52.4 Å². The van der Waals surface area contributed by atoms with Crippen LogP contribution in [0.15, 0.2) is 60.7 Å². The Labute approximate surface area is 181 Å². The van der Waals surface area contributed by atoms with Gasteiger partial charge < -0.3 is 9.47 Å². The summed E-state index contributed by atoms with van der Waals surface area (Å²) in [7, 11) is 3.47. The Kier molecular flexibility index (Phi) is 5.99. The fourth-order valence-corrected chi connectivity index (χ4v) is 3.77. The van der Waals surface area contributed by atoms with E-state index in [9.17, 15) is 0 Å². The highest BCUT2D eigenvalue weighted by molar-refractivity contribution is 5.73. The largest absolute Gasteiger partial charge is 0.497 e. The molecule has 0 aromatic heterocycles. The van der Waals surface area contributed by atoms with Gasteiger partial charge in [0.25, 0.3) is 0 Å². The molecule has 30 heavy (non-hydrogen) atoms. The minimum Gasteiger partial charge on any atom is -0.497 e. The zero-order chi connectivity index (χ0) is 22.1. The lowest BCUT2D eigenvalue weighted by Gasteiger charge is -2.30. The Balaban J connectivity index is 2.08. The Bertz CT molecular complexity index is 963. The highest BCUT2D eigenvalue weighted by atomic mass is 16.5. The lowest BCUT2D eigenvalue weighted by atomic mass is 9.77. The number of rotatable bonds is 4. The van der Waals surface area contributed by atoms with Crippen molar-refractivity contribution < 1.29 is 9.47 Å². The molecule has 0 amide bonds. The molecule has 3 aromatic rings. The summed E-state index contributed by atoms with van der Waals surface area (Å²) in [4.78, 5) is 0. The van der Waals surface area contributed by atoms with Gasteiger partial charge in [-0.05, 0) is 57.3 Å². The van der Waals surface area contributed by atoms with Gasteiger partial charge >= 0.3 is 0 Å². The van der Waals surface area contributed by atoms with Crippen molar-refractivity contribution in [2.24, 2.45) is 0 Å². The van der Waals surface area contributed by atoms with Gasteiger partial charge in [0.05, 0.1) is 14.2 Å². The minimum atomic E-state index is -0.00954. The summed E-state index contributed by atoms with van der Waals surface area (Å²) < 4.78 is 11.2. The first kappa shape index (κ1) is 22.0. The molecule has 0 unspecified atom stereocenters. The number of ether oxygens (including phenoxy) is 2. The Morgan fingerprint density at radius 1 is 0.500 bits per heavy atom. The maximum Gasteiger partial charge on any atom is 0.126 e. The highest BCUT2D eigenvalue weighted by Crippen LogP contribution is 2.42. The molecule has 0 aliphatic carbocycles. The van der Waals surface area contributed by atoms with Crippen LogP contribution < -0.4 is 9.47 Å². The molecule has 0 heterocycles. The zero-order valence-electron chi connectivity index (χ0n) is 19.6. The molecule has 0 aliphatic heterocycles. The summed E-state index contributed by atoms with van der Waals surface area (Å²) in [5.74, 6) is 1.88. The molecule has 158 valence electrons. The smallest absolute Gasteiger partial charge is 0.126 e. The van der Waals surface area contributed by atoms with Crippen LogP contribution in [-0.4, -0.2) is 14.2 Å². The molecule has 0 saturated heterocycles. The van der Waals surface area contributed by atoms with E-state index >= 15 is 0 Å². The number of methoxy groups -OCH3 is 2. The second-order valence-electron chi connectivity index (χ2n) is 9.91. The van der Waals surface area contributed by atoms with Gasteiger partial charge in [-0.2, -0.15) is 0 Å². The van der Waals surface area contributed by atoms with Crippen LogP contribution in [0.5, 0.6) is 11.5 Å². The van der Waals surface area contributed by atoms with Crippen molar-refractivity contribution in [1.29, 1.82) is 0 Å². The topological polar surface area (TPSA) is 18.5 Å². The third-order valence-corrected chi connectivity index (χ3v) is 5.55. The Hall–Kier alpha value is -2.74. The maximum absolute atomic E-state index is 5.91. The van der Waals surface area contributed by atoms with E-state index in [4.69, 9.17) is 9.47 Å². The van der Waals surface area contributed by atoms with Crippen LogP contribution in [0.4, 0.5) is 0 Å². The first-order valence-corrected chi connectivity index (χ1v) is 10.5. The average Bonchev–Trinajstić information content (AvgIpc) is 2.71. The SMILES string of the molecule is COc1ccc(-c2ccc(-c3cc(C(C)(C)C)c(OC)c(C(C)(C)C)c3)cc2)cc1. The van der Waals surface area contributed by atoms with E-state index < -0.39 is 0 Å². The second kappa shape index (κ2) is 8.18. The Morgan fingerprint density at radius 3 is 1.20 bits per heavy atom. The molecular formula is C28H34O2. The van der Waals surface area contributed by atoms with Gasteiger partial charge in [0.15, 0.2) is 0 Å². The standard InChI is InChI=1S/C28H34O2/c1-27(2,3)24-17-22(18-25(26(24)30-8)28(4,5)6)21-11-9-19(10-12-21)20-13-15-23(29-7)16-14-20/h9-18H,1-8H3. The van der Waals surface area contributed by atoms with Crippen LogP contribution in [-0.2, 0) is 10.8 Å². The van der Waals surface area contributed by atoms with Crippen molar-refractivity contribution in [3.05, 3.63) is 71.8 Å². The Morgan fingerprint density at radius 2 is 0.867 bits per heavy atom. The van der Waals surface area contributed by atoms with E-state index in [0.717, 1.165) is 11.5 Å². The highest BCUT2D eigenvalue weighted by Gasteiger charge is 2.27. The maximum atomic E-state index is 5.91. The molecule has 3 rings (SSSR count). The monoisotopic (exact) mass is 402 g/mol. The van der Waals surface area contributed by atoms with Crippen molar-refractivity contribution in [3.63, 3.8) is 0 Å². The molecule has 0 atom stereocenters.